The molecule has 7 nitrogen and oxygen atoms in total. The van der Waals surface area contributed by atoms with Crippen molar-refractivity contribution in [3.05, 3.63) is 23.3 Å². The molecule has 0 unspecified atom stereocenters. The van der Waals surface area contributed by atoms with E-state index in [2.05, 4.69) is 39.1 Å². The highest BCUT2D eigenvalue weighted by Crippen LogP contribution is 2.18. The standard InChI is InChI=1S/C18H28N6O/c1-12(2)23-8-7-15(10-23)9-19-17(25)6-5-16-13(3)22-18-20-11-21-24(18)14(16)4/h11-12,15H,5-10H2,1-4H3,(H,19,25)/t15-/m0/s1. The Bertz CT molecular complexity index is 753. The van der Waals surface area contributed by atoms with Gasteiger partial charge >= 0.3 is 0 Å². The maximum atomic E-state index is 12.2. The van der Waals surface area contributed by atoms with Gasteiger partial charge in [0.25, 0.3) is 5.78 Å². The van der Waals surface area contributed by atoms with E-state index in [-0.39, 0.29) is 5.91 Å². The van der Waals surface area contributed by atoms with Gasteiger partial charge in [-0.15, -0.1) is 0 Å². The number of hydrogen-bond donors (Lipinski definition) is 1. The predicted molar refractivity (Wildman–Crippen MR) is 96.4 cm³/mol. The Morgan fingerprint density at radius 1 is 1.40 bits per heavy atom. The SMILES string of the molecule is Cc1nc2ncnn2c(C)c1CCC(=O)NC[C@@H]1CCN(C(C)C)C1. The number of nitrogens with zero attached hydrogens (tertiary/aromatic N) is 5. The molecule has 1 atom stereocenters. The van der Waals surface area contributed by atoms with Crippen molar-refractivity contribution >= 4 is 11.7 Å². The lowest BCUT2D eigenvalue weighted by atomic mass is 10.1. The highest BCUT2D eigenvalue weighted by molar-refractivity contribution is 5.76. The lowest BCUT2D eigenvalue weighted by Gasteiger charge is -2.20. The number of amides is 1. The van der Waals surface area contributed by atoms with E-state index in [0.717, 1.165) is 36.6 Å². The summed E-state index contributed by atoms with van der Waals surface area (Å²) in [5.41, 5.74) is 3.02. The number of aromatic nitrogens is 4. The van der Waals surface area contributed by atoms with E-state index in [0.29, 0.717) is 30.6 Å². The number of nitrogens with one attached hydrogen (secondary N) is 1. The molecule has 1 aliphatic heterocycles. The molecule has 7 heteroatoms. The Balaban J connectivity index is 1.51. The Labute approximate surface area is 148 Å². The number of likely N-dealkylation sites (tertiary alicyclic amines) is 1. The van der Waals surface area contributed by atoms with Gasteiger partial charge in [-0.1, -0.05) is 0 Å². The summed E-state index contributed by atoms with van der Waals surface area (Å²) in [6, 6.07) is 0.589. The molecular formula is C18H28N6O. The first-order valence-corrected chi connectivity index (χ1v) is 9.12. The minimum Gasteiger partial charge on any atom is -0.356 e. The fraction of sp³-hybridized carbons (Fsp3) is 0.667. The summed E-state index contributed by atoms with van der Waals surface area (Å²) in [7, 11) is 0. The molecule has 3 rings (SSSR count). The Morgan fingerprint density at radius 3 is 2.92 bits per heavy atom. The summed E-state index contributed by atoms with van der Waals surface area (Å²) in [6.07, 6.45) is 3.83. The maximum Gasteiger partial charge on any atom is 0.252 e. The van der Waals surface area contributed by atoms with Gasteiger partial charge in [-0.25, -0.2) is 9.50 Å². The third-order valence-electron chi connectivity index (χ3n) is 5.23. The number of hydrogen-bond acceptors (Lipinski definition) is 5. The van der Waals surface area contributed by atoms with Crippen molar-refractivity contribution in [2.24, 2.45) is 5.92 Å². The van der Waals surface area contributed by atoms with Gasteiger partial charge in [-0.05, 0) is 58.6 Å². The molecule has 0 radical (unpaired) electrons. The normalized spacial score (nSPS) is 18.4. The van der Waals surface area contributed by atoms with Gasteiger partial charge in [0.15, 0.2) is 0 Å². The smallest absolute Gasteiger partial charge is 0.252 e. The van der Waals surface area contributed by atoms with Crippen LogP contribution in [0.25, 0.3) is 5.78 Å². The monoisotopic (exact) mass is 344 g/mol. The van der Waals surface area contributed by atoms with Crippen molar-refractivity contribution in [3.8, 4) is 0 Å². The summed E-state index contributed by atoms with van der Waals surface area (Å²) >= 11 is 0. The number of fused-ring (bicyclic) bond motifs is 1. The molecule has 1 N–H and O–H groups in total. The number of carbonyl (C=O) groups excluding carboxylic acids is 1. The van der Waals surface area contributed by atoms with Crippen LogP contribution in [-0.2, 0) is 11.2 Å². The predicted octanol–water partition coefficient (Wildman–Crippen LogP) is 1.52. The molecule has 3 heterocycles. The second-order valence-corrected chi connectivity index (χ2v) is 7.28. The molecule has 2 aromatic rings. The van der Waals surface area contributed by atoms with Gasteiger partial charge in [0.05, 0.1) is 0 Å². The van der Waals surface area contributed by atoms with Crippen molar-refractivity contribution in [3.63, 3.8) is 0 Å². The van der Waals surface area contributed by atoms with Crippen LogP contribution in [0.1, 0.15) is 43.6 Å². The maximum absolute atomic E-state index is 12.2. The van der Waals surface area contributed by atoms with E-state index in [1.807, 2.05) is 13.8 Å². The van der Waals surface area contributed by atoms with Crippen molar-refractivity contribution in [2.45, 2.75) is 53.0 Å². The quantitative estimate of drug-likeness (QED) is 0.860. The minimum atomic E-state index is 0.112. The van der Waals surface area contributed by atoms with Crippen LogP contribution in [0.15, 0.2) is 6.33 Å². The fourth-order valence-corrected chi connectivity index (χ4v) is 3.60. The van der Waals surface area contributed by atoms with Crippen LogP contribution >= 0.6 is 0 Å². The first-order valence-electron chi connectivity index (χ1n) is 9.12. The largest absolute Gasteiger partial charge is 0.356 e. The number of rotatable bonds is 6. The molecule has 0 aromatic carbocycles. The Kier molecular flexibility index (Phi) is 5.32. The van der Waals surface area contributed by atoms with Crippen molar-refractivity contribution < 1.29 is 4.79 Å². The van der Waals surface area contributed by atoms with Gasteiger partial charge in [-0.2, -0.15) is 10.1 Å². The van der Waals surface area contributed by atoms with Crippen LogP contribution in [0.3, 0.4) is 0 Å². The average Bonchev–Trinajstić information content (AvgIpc) is 3.21. The summed E-state index contributed by atoms with van der Waals surface area (Å²) < 4.78 is 1.74. The summed E-state index contributed by atoms with van der Waals surface area (Å²) in [5, 5.41) is 7.30. The van der Waals surface area contributed by atoms with Gasteiger partial charge in [0, 0.05) is 36.9 Å². The summed E-state index contributed by atoms with van der Waals surface area (Å²) in [6.45, 7) is 11.4. The molecular weight excluding hydrogens is 316 g/mol. The molecule has 1 saturated heterocycles. The molecule has 0 aliphatic carbocycles. The van der Waals surface area contributed by atoms with Crippen molar-refractivity contribution in [2.75, 3.05) is 19.6 Å². The van der Waals surface area contributed by atoms with E-state index in [1.54, 1.807) is 4.52 Å². The van der Waals surface area contributed by atoms with E-state index in [9.17, 15) is 4.79 Å². The molecule has 0 saturated carbocycles. The van der Waals surface area contributed by atoms with Gasteiger partial charge in [0.2, 0.25) is 5.91 Å². The second kappa shape index (κ2) is 7.47. The lowest BCUT2D eigenvalue weighted by molar-refractivity contribution is -0.121. The first kappa shape index (κ1) is 17.8. The molecule has 0 spiro atoms. The third-order valence-corrected chi connectivity index (χ3v) is 5.23. The van der Waals surface area contributed by atoms with E-state index >= 15 is 0 Å². The first-order chi connectivity index (χ1) is 12.0. The fourth-order valence-electron chi connectivity index (χ4n) is 3.60. The van der Waals surface area contributed by atoms with E-state index in [4.69, 9.17) is 0 Å². The minimum absolute atomic E-state index is 0.112. The molecule has 136 valence electrons. The molecule has 25 heavy (non-hydrogen) atoms. The van der Waals surface area contributed by atoms with Crippen molar-refractivity contribution in [1.29, 1.82) is 0 Å². The molecule has 0 bridgehead atoms. The summed E-state index contributed by atoms with van der Waals surface area (Å²) in [5.74, 6) is 1.29. The van der Waals surface area contributed by atoms with Crippen LogP contribution < -0.4 is 5.32 Å². The Morgan fingerprint density at radius 2 is 2.20 bits per heavy atom. The topological polar surface area (TPSA) is 75.4 Å². The van der Waals surface area contributed by atoms with E-state index in [1.165, 1.54) is 12.7 Å². The number of carbonyl (C=O) groups is 1. The highest BCUT2D eigenvalue weighted by atomic mass is 16.1. The average molecular weight is 344 g/mol. The highest BCUT2D eigenvalue weighted by Gasteiger charge is 2.24. The van der Waals surface area contributed by atoms with Crippen LogP contribution in [0.5, 0.6) is 0 Å². The Hall–Kier alpha value is -2.02. The zero-order valence-corrected chi connectivity index (χ0v) is 15.6. The van der Waals surface area contributed by atoms with Crippen LogP contribution in [0.4, 0.5) is 0 Å². The lowest BCUT2D eigenvalue weighted by Crippen LogP contribution is -2.33. The van der Waals surface area contributed by atoms with Gasteiger partial charge in [-0.3, -0.25) is 4.79 Å². The summed E-state index contributed by atoms with van der Waals surface area (Å²) in [4.78, 5) is 23.3. The van der Waals surface area contributed by atoms with Gasteiger partial charge < -0.3 is 10.2 Å². The molecule has 1 aliphatic rings. The van der Waals surface area contributed by atoms with Crippen molar-refractivity contribution in [1.82, 2.24) is 29.8 Å². The zero-order valence-electron chi connectivity index (χ0n) is 15.6. The molecule has 2 aromatic heterocycles. The molecule has 1 amide bonds. The second-order valence-electron chi connectivity index (χ2n) is 7.28. The molecule has 1 fully saturated rings. The number of aryl methyl sites for hydroxylation is 2. The third kappa shape index (κ3) is 3.98. The van der Waals surface area contributed by atoms with Gasteiger partial charge in [0.1, 0.15) is 6.33 Å². The van der Waals surface area contributed by atoms with Crippen LogP contribution in [0.2, 0.25) is 0 Å². The van der Waals surface area contributed by atoms with Crippen LogP contribution in [0, 0.1) is 19.8 Å². The van der Waals surface area contributed by atoms with E-state index < -0.39 is 0 Å². The van der Waals surface area contributed by atoms with Crippen LogP contribution in [-0.4, -0.2) is 56.1 Å². The zero-order chi connectivity index (χ0) is 18.0.